The van der Waals surface area contributed by atoms with E-state index in [1.807, 2.05) is 60.7 Å². The monoisotopic (exact) mass is 445 g/mol. The molecule has 0 aliphatic carbocycles. The molecule has 0 bridgehead atoms. The fourth-order valence-corrected chi connectivity index (χ4v) is 3.30. The topological polar surface area (TPSA) is 41.5 Å². The molecule has 0 radical (unpaired) electrons. The van der Waals surface area contributed by atoms with Crippen LogP contribution in [0.3, 0.4) is 0 Å². The molecule has 0 saturated heterocycles. The van der Waals surface area contributed by atoms with Crippen molar-refractivity contribution in [2.45, 2.75) is 18.6 Å². The number of hydrogen-bond acceptors (Lipinski definition) is 3. The van der Waals surface area contributed by atoms with Crippen LogP contribution in [-0.2, 0) is 0 Å². The molecule has 0 heterocycles. The standard InChI is InChI=1S/C22H21BrClNO2/c1-27-20-12-4-15(5-13-20)21(25-19-10-6-17(23)7-11-19)14-22(26)16-2-8-18(24)9-3-16/h2-13,21-22,25-26H,14H2,1H3. The lowest BCUT2D eigenvalue weighted by Crippen LogP contribution is -2.15. The summed E-state index contributed by atoms with van der Waals surface area (Å²) in [5.74, 6) is 0.805. The molecule has 0 aliphatic rings. The number of aliphatic hydroxyl groups is 1. The van der Waals surface area contributed by atoms with Crippen molar-refractivity contribution in [1.29, 1.82) is 0 Å². The van der Waals surface area contributed by atoms with Crippen LogP contribution >= 0.6 is 27.5 Å². The Morgan fingerprint density at radius 2 is 1.52 bits per heavy atom. The van der Waals surface area contributed by atoms with E-state index >= 15 is 0 Å². The highest BCUT2D eigenvalue weighted by Gasteiger charge is 2.18. The first-order chi connectivity index (χ1) is 13.0. The number of hydrogen-bond donors (Lipinski definition) is 2. The van der Waals surface area contributed by atoms with Gasteiger partial charge in [-0.1, -0.05) is 51.8 Å². The first-order valence-corrected chi connectivity index (χ1v) is 9.82. The van der Waals surface area contributed by atoms with E-state index in [2.05, 4.69) is 21.2 Å². The summed E-state index contributed by atoms with van der Waals surface area (Å²) in [6, 6.07) is 23.1. The van der Waals surface area contributed by atoms with Gasteiger partial charge in [-0.2, -0.15) is 0 Å². The lowest BCUT2D eigenvalue weighted by molar-refractivity contribution is 0.160. The molecule has 3 aromatic carbocycles. The van der Waals surface area contributed by atoms with E-state index in [0.29, 0.717) is 11.4 Å². The first-order valence-electron chi connectivity index (χ1n) is 8.65. The van der Waals surface area contributed by atoms with E-state index in [0.717, 1.165) is 27.0 Å². The minimum atomic E-state index is -0.614. The molecular weight excluding hydrogens is 426 g/mol. The maximum atomic E-state index is 10.8. The predicted molar refractivity (Wildman–Crippen MR) is 115 cm³/mol. The quantitative estimate of drug-likeness (QED) is 0.442. The summed E-state index contributed by atoms with van der Waals surface area (Å²) in [5.41, 5.74) is 2.91. The van der Waals surface area contributed by atoms with Crippen LogP contribution in [0.2, 0.25) is 5.02 Å². The van der Waals surface area contributed by atoms with Crippen molar-refractivity contribution in [3.63, 3.8) is 0 Å². The van der Waals surface area contributed by atoms with Crippen molar-refractivity contribution in [3.8, 4) is 5.75 Å². The van der Waals surface area contributed by atoms with Crippen molar-refractivity contribution in [1.82, 2.24) is 0 Å². The van der Waals surface area contributed by atoms with Gasteiger partial charge in [-0.3, -0.25) is 0 Å². The fourth-order valence-electron chi connectivity index (χ4n) is 2.91. The second-order valence-corrected chi connectivity index (χ2v) is 7.63. The van der Waals surface area contributed by atoms with Crippen molar-refractivity contribution < 1.29 is 9.84 Å². The lowest BCUT2D eigenvalue weighted by atomic mass is 9.96. The third kappa shape index (κ3) is 5.48. The molecule has 0 aromatic heterocycles. The second-order valence-electron chi connectivity index (χ2n) is 6.28. The average molecular weight is 447 g/mol. The molecule has 3 rings (SSSR count). The molecule has 2 atom stereocenters. The highest BCUT2D eigenvalue weighted by Crippen LogP contribution is 2.31. The largest absolute Gasteiger partial charge is 0.497 e. The van der Waals surface area contributed by atoms with Gasteiger partial charge in [0.2, 0.25) is 0 Å². The van der Waals surface area contributed by atoms with Gasteiger partial charge in [-0.05, 0) is 59.7 Å². The van der Waals surface area contributed by atoms with Crippen LogP contribution in [0.25, 0.3) is 0 Å². The third-order valence-electron chi connectivity index (χ3n) is 4.42. The number of methoxy groups -OCH3 is 1. The van der Waals surface area contributed by atoms with E-state index < -0.39 is 6.10 Å². The Morgan fingerprint density at radius 3 is 2.11 bits per heavy atom. The van der Waals surface area contributed by atoms with Gasteiger partial charge in [0.15, 0.2) is 0 Å². The molecule has 3 aromatic rings. The van der Waals surface area contributed by atoms with Crippen molar-refractivity contribution >= 4 is 33.2 Å². The Balaban J connectivity index is 1.83. The Bertz CT molecular complexity index is 851. The van der Waals surface area contributed by atoms with Crippen LogP contribution in [0.5, 0.6) is 5.75 Å². The summed E-state index contributed by atoms with van der Waals surface area (Å²) in [7, 11) is 1.65. The normalized spacial score (nSPS) is 13.0. The zero-order valence-corrected chi connectivity index (χ0v) is 17.2. The molecule has 27 heavy (non-hydrogen) atoms. The highest BCUT2D eigenvalue weighted by molar-refractivity contribution is 9.10. The van der Waals surface area contributed by atoms with E-state index in [1.165, 1.54) is 0 Å². The van der Waals surface area contributed by atoms with Crippen LogP contribution in [-0.4, -0.2) is 12.2 Å². The number of rotatable bonds is 7. The Hall–Kier alpha value is -2.01. The molecule has 0 amide bonds. The van der Waals surface area contributed by atoms with E-state index in [9.17, 15) is 5.11 Å². The smallest absolute Gasteiger partial charge is 0.118 e. The van der Waals surface area contributed by atoms with Gasteiger partial charge >= 0.3 is 0 Å². The Morgan fingerprint density at radius 1 is 0.926 bits per heavy atom. The summed E-state index contributed by atoms with van der Waals surface area (Å²) < 4.78 is 6.28. The number of aliphatic hydroxyl groups excluding tert-OH is 1. The van der Waals surface area contributed by atoms with Gasteiger partial charge in [-0.25, -0.2) is 0 Å². The molecule has 0 aliphatic heterocycles. The average Bonchev–Trinajstić information content (AvgIpc) is 2.69. The highest BCUT2D eigenvalue weighted by atomic mass is 79.9. The molecule has 140 valence electrons. The van der Waals surface area contributed by atoms with Gasteiger partial charge in [0, 0.05) is 21.6 Å². The summed E-state index contributed by atoms with van der Waals surface area (Å²) in [6.45, 7) is 0. The minimum Gasteiger partial charge on any atom is -0.497 e. The van der Waals surface area contributed by atoms with Crippen LogP contribution in [0.15, 0.2) is 77.3 Å². The Kier molecular flexibility index (Phi) is 6.78. The van der Waals surface area contributed by atoms with Gasteiger partial charge < -0.3 is 15.2 Å². The third-order valence-corrected chi connectivity index (χ3v) is 5.20. The van der Waals surface area contributed by atoms with E-state index in [1.54, 1.807) is 19.2 Å². The van der Waals surface area contributed by atoms with Crippen LogP contribution in [0.1, 0.15) is 29.7 Å². The summed E-state index contributed by atoms with van der Waals surface area (Å²) >= 11 is 9.41. The summed E-state index contributed by atoms with van der Waals surface area (Å²) in [4.78, 5) is 0. The maximum absolute atomic E-state index is 10.8. The number of anilines is 1. The minimum absolute atomic E-state index is 0.0669. The predicted octanol–water partition coefficient (Wildman–Crippen LogP) is 6.39. The SMILES string of the molecule is COc1ccc(C(CC(O)c2ccc(Cl)cc2)Nc2ccc(Br)cc2)cc1. The van der Waals surface area contributed by atoms with Crippen molar-refractivity contribution in [2.75, 3.05) is 12.4 Å². The van der Waals surface area contributed by atoms with Crippen LogP contribution in [0.4, 0.5) is 5.69 Å². The van der Waals surface area contributed by atoms with Crippen LogP contribution in [0, 0.1) is 0 Å². The number of nitrogens with one attached hydrogen (secondary N) is 1. The zero-order valence-electron chi connectivity index (χ0n) is 14.9. The second kappa shape index (κ2) is 9.27. The number of halogens is 2. The molecular formula is C22H21BrClNO2. The molecule has 0 spiro atoms. The van der Waals surface area contributed by atoms with Gasteiger partial charge in [0.25, 0.3) is 0 Å². The molecule has 5 heteroatoms. The molecule has 2 unspecified atom stereocenters. The lowest BCUT2D eigenvalue weighted by Gasteiger charge is -2.24. The van der Waals surface area contributed by atoms with E-state index in [4.69, 9.17) is 16.3 Å². The van der Waals surface area contributed by atoms with Crippen molar-refractivity contribution in [3.05, 3.63) is 93.4 Å². The number of benzene rings is 3. The van der Waals surface area contributed by atoms with Gasteiger partial charge in [0.1, 0.15) is 5.75 Å². The first kappa shape index (κ1) is 19.7. The number of ether oxygens (including phenoxy) is 1. The molecule has 0 fully saturated rings. The summed E-state index contributed by atoms with van der Waals surface area (Å²) in [5, 5.41) is 14.9. The molecule has 0 saturated carbocycles. The maximum Gasteiger partial charge on any atom is 0.118 e. The Labute approximate surface area is 173 Å². The fraction of sp³-hybridized carbons (Fsp3) is 0.182. The molecule has 3 nitrogen and oxygen atoms in total. The zero-order chi connectivity index (χ0) is 19.2. The van der Waals surface area contributed by atoms with E-state index in [-0.39, 0.29) is 6.04 Å². The summed E-state index contributed by atoms with van der Waals surface area (Å²) in [6.07, 6.45) is -0.0957. The van der Waals surface area contributed by atoms with Crippen LogP contribution < -0.4 is 10.1 Å². The van der Waals surface area contributed by atoms with Gasteiger partial charge in [-0.15, -0.1) is 0 Å². The van der Waals surface area contributed by atoms with Crippen molar-refractivity contribution in [2.24, 2.45) is 0 Å². The molecule has 2 N–H and O–H groups in total. The van der Waals surface area contributed by atoms with Gasteiger partial charge in [0.05, 0.1) is 19.3 Å².